The van der Waals surface area contributed by atoms with Crippen molar-refractivity contribution in [3.63, 3.8) is 0 Å². The van der Waals surface area contributed by atoms with E-state index in [0.717, 1.165) is 60.6 Å². The van der Waals surface area contributed by atoms with E-state index in [4.69, 9.17) is 16.6 Å². The van der Waals surface area contributed by atoms with E-state index in [0.29, 0.717) is 22.1 Å². The standard InChI is InChI=1S/C25H19ClF2N4/c26-20-5-2-17(3-6-20)25-30-13-19-15-32(10-9-24(19)31-25)14-16-1-8-23(29-12-16)18-4-7-21(27)22(28)11-18/h1-8,11-13H,9-10,14-15H2. The predicted octanol–water partition coefficient (Wildman–Crippen LogP) is 5.70. The predicted molar refractivity (Wildman–Crippen MR) is 120 cm³/mol. The van der Waals surface area contributed by atoms with Gasteiger partial charge in [0.1, 0.15) is 0 Å². The molecule has 0 radical (unpaired) electrons. The number of aromatic nitrogens is 3. The summed E-state index contributed by atoms with van der Waals surface area (Å²) in [6.07, 6.45) is 4.54. The molecule has 2 aromatic carbocycles. The molecule has 0 saturated carbocycles. The lowest BCUT2D eigenvalue weighted by molar-refractivity contribution is 0.242. The fraction of sp³-hybridized carbons (Fsp3) is 0.160. The van der Waals surface area contributed by atoms with Gasteiger partial charge in [0, 0.05) is 60.2 Å². The number of nitrogens with zero attached hydrogens (tertiary/aromatic N) is 4. The molecule has 0 atom stereocenters. The van der Waals surface area contributed by atoms with Crippen LogP contribution < -0.4 is 0 Å². The molecule has 160 valence electrons. The monoisotopic (exact) mass is 448 g/mol. The summed E-state index contributed by atoms with van der Waals surface area (Å²) in [7, 11) is 0. The van der Waals surface area contributed by atoms with Gasteiger partial charge in [0.25, 0.3) is 0 Å². The van der Waals surface area contributed by atoms with E-state index < -0.39 is 11.6 Å². The SMILES string of the molecule is Fc1ccc(-c2ccc(CN3CCc4nc(-c5ccc(Cl)cc5)ncc4C3)cn2)cc1F. The molecule has 0 unspecified atom stereocenters. The van der Waals surface area contributed by atoms with Crippen LogP contribution in [0.1, 0.15) is 16.8 Å². The molecule has 3 heterocycles. The second-order valence-electron chi connectivity index (χ2n) is 7.81. The fourth-order valence-corrected chi connectivity index (χ4v) is 3.98. The van der Waals surface area contributed by atoms with Gasteiger partial charge in [0.05, 0.1) is 11.4 Å². The van der Waals surface area contributed by atoms with E-state index in [9.17, 15) is 8.78 Å². The third-order valence-electron chi connectivity index (χ3n) is 5.56. The summed E-state index contributed by atoms with van der Waals surface area (Å²) in [5.74, 6) is -1.02. The van der Waals surface area contributed by atoms with Crippen molar-refractivity contribution >= 4 is 11.6 Å². The molecule has 0 bridgehead atoms. The van der Waals surface area contributed by atoms with Crippen molar-refractivity contribution in [2.24, 2.45) is 0 Å². The van der Waals surface area contributed by atoms with Crippen LogP contribution in [0.2, 0.25) is 5.02 Å². The molecule has 0 saturated heterocycles. The van der Waals surface area contributed by atoms with Gasteiger partial charge in [-0.15, -0.1) is 0 Å². The van der Waals surface area contributed by atoms with Crippen LogP contribution in [0, 0.1) is 11.6 Å². The Labute approximate surface area is 189 Å². The van der Waals surface area contributed by atoms with Crippen LogP contribution in [0.5, 0.6) is 0 Å². The van der Waals surface area contributed by atoms with Crippen molar-refractivity contribution in [3.05, 3.63) is 100 Å². The van der Waals surface area contributed by atoms with Gasteiger partial charge in [-0.05, 0) is 54.1 Å². The Kier molecular flexibility index (Phi) is 5.64. The first-order valence-corrected chi connectivity index (χ1v) is 10.7. The summed E-state index contributed by atoms with van der Waals surface area (Å²) in [6, 6.07) is 15.1. The Hall–Kier alpha value is -3.22. The van der Waals surface area contributed by atoms with Crippen LogP contribution in [0.3, 0.4) is 0 Å². The number of rotatable bonds is 4. The minimum Gasteiger partial charge on any atom is -0.294 e. The van der Waals surface area contributed by atoms with Crippen molar-refractivity contribution in [1.82, 2.24) is 19.9 Å². The number of halogens is 3. The third-order valence-corrected chi connectivity index (χ3v) is 5.81. The maximum atomic E-state index is 13.5. The zero-order valence-corrected chi connectivity index (χ0v) is 17.9. The third kappa shape index (κ3) is 4.38. The number of hydrogen-bond donors (Lipinski definition) is 0. The van der Waals surface area contributed by atoms with Crippen LogP contribution in [0.4, 0.5) is 8.78 Å². The smallest absolute Gasteiger partial charge is 0.159 e. The molecule has 5 rings (SSSR count). The molecule has 0 N–H and O–H groups in total. The van der Waals surface area contributed by atoms with Gasteiger partial charge < -0.3 is 0 Å². The molecule has 0 amide bonds. The van der Waals surface area contributed by atoms with Gasteiger partial charge >= 0.3 is 0 Å². The highest BCUT2D eigenvalue weighted by molar-refractivity contribution is 6.30. The summed E-state index contributed by atoms with van der Waals surface area (Å²) >= 11 is 5.97. The second-order valence-corrected chi connectivity index (χ2v) is 8.25. The quantitative estimate of drug-likeness (QED) is 0.402. The molecule has 2 aromatic heterocycles. The van der Waals surface area contributed by atoms with Gasteiger partial charge in [0.2, 0.25) is 0 Å². The maximum Gasteiger partial charge on any atom is 0.159 e. The first-order valence-electron chi connectivity index (χ1n) is 10.3. The lowest BCUT2D eigenvalue weighted by atomic mass is 10.1. The summed E-state index contributed by atoms with van der Waals surface area (Å²) in [4.78, 5) is 16.1. The van der Waals surface area contributed by atoms with Crippen molar-refractivity contribution in [1.29, 1.82) is 0 Å². The van der Waals surface area contributed by atoms with Gasteiger partial charge in [-0.3, -0.25) is 9.88 Å². The van der Waals surface area contributed by atoms with Crippen LogP contribution in [0.15, 0.2) is 67.0 Å². The second kappa shape index (κ2) is 8.73. The largest absolute Gasteiger partial charge is 0.294 e. The fourth-order valence-electron chi connectivity index (χ4n) is 3.85. The zero-order chi connectivity index (χ0) is 22.1. The molecule has 0 spiro atoms. The van der Waals surface area contributed by atoms with E-state index >= 15 is 0 Å². The normalized spacial score (nSPS) is 13.7. The van der Waals surface area contributed by atoms with Crippen LogP contribution in [0.25, 0.3) is 22.6 Å². The van der Waals surface area contributed by atoms with Crippen LogP contribution >= 0.6 is 11.6 Å². The Morgan fingerprint density at radius 2 is 1.69 bits per heavy atom. The van der Waals surface area contributed by atoms with Crippen molar-refractivity contribution in [2.45, 2.75) is 19.5 Å². The highest BCUT2D eigenvalue weighted by Gasteiger charge is 2.19. The first-order chi connectivity index (χ1) is 15.5. The highest BCUT2D eigenvalue weighted by atomic mass is 35.5. The molecule has 4 aromatic rings. The van der Waals surface area contributed by atoms with E-state index in [-0.39, 0.29) is 0 Å². The topological polar surface area (TPSA) is 41.9 Å². The van der Waals surface area contributed by atoms with Crippen LogP contribution in [-0.4, -0.2) is 26.4 Å². The molecule has 1 aliphatic rings. The van der Waals surface area contributed by atoms with Crippen molar-refractivity contribution in [2.75, 3.05) is 6.54 Å². The molecular formula is C25H19ClF2N4. The summed E-state index contributed by atoms with van der Waals surface area (Å²) in [5.41, 5.74) is 5.37. The van der Waals surface area contributed by atoms with E-state index in [1.54, 1.807) is 6.20 Å². The lowest BCUT2D eigenvalue weighted by Gasteiger charge is -2.28. The molecule has 1 aliphatic heterocycles. The van der Waals surface area contributed by atoms with Gasteiger partial charge in [0.15, 0.2) is 17.5 Å². The van der Waals surface area contributed by atoms with E-state index in [2.05, 4.69) is 14.9 Å². The van der Waals surface area contributed by atoms with Crippen molar-refractivity contribution in [3.8, 4) is 22.6 Å². The average molecular weight is 449 g/mol. The van der Waals surface area contributed by atoms with E-state index in [1.165, 1.54) is 6.07 Å². The molecule has 0 aliphatic carbocycles. The summed E-state index contributed by atoms with van der Waals surface area (Å²) in [5, 5.41) is 0.690. The minimum absolute atomic E-state index is 0.552. The van der Waals surface area contributed by atoms with Crippen LogP contribution in [-0.2, 0) is 19.5 Å². The maximum absolute atomic E-state index is 13.5. The highest BCUT2D eigenvalue weighted by Crippen LogP contribution is 2.24. The van der Waals surface area contributed by atoms with E-state index in [1.807, 2.05) is 42.6 Å². The van der Waals surface area contributed by atoms with Crippen molar-refractivity contribution < 1.29 is 8.78 Å². The molecular weight excluding hydrogens is 430 g/mol. The summed E-state index contributed by atoms with van der Waals surface area (Å²) in [6.45, 7) is 2.39. The minimum atomic E-state index is -0.873. The van der Waals surface area contributed by atoms with Gasteiger partial charge in [-0.1, -0.05) is 17.7 Å². The Morgan fingerprint density at radius 3 is 2.44 bits per heavy atom. The summed E-state index contributed by atoms with van der Waals surface area (Å²) < 4.78 is 26.6. The Balaban J connectivity index is 1.27. The molecule has 4 nitrogen and oxygen atoms in total. The number of hydrogen-bond acceptors (Lipinski definition) is 4. The Bertz CT molecular complexity index is 1260. The molecule has 7 heteroatoms. The number of pyridine rings is 1. The first kappa shape index (κ1) is 20.7. The molecule has 0 fully saturated rings. The van der Waals surface area contributed by atoms with Gasteiger partial charge in [-0.2, -0.15) is 0 Å². The Morgan fingerprint density at radius 1 is 0.875 bits per heavy atom. The zero-order valence-electron chi connectivity index (χ0n) is 17.1. The lowest BCUT2D eigenvalue weighted by Crippen LogP contribution is -2.31. The molecule has 32 heavy (non-hydrogen) atoms. The van der Waals surface area contributed by atoms with Gasteiger partial charge in [-0.25, -0.2) is 18.7 Å². The number of benzene rings is 2. The number of fused-ring (bicyclic) bond motifs is 1. The average Bonchev–Trinajstić information content (AvgIpc) is 2.81.